The van der Waals surface area contributed by atoms with E-state index in [9.17, 15) is 4.79 Å². The minimum Gasteiger partial charge on any atom is -0.486 e. The van der Waals surface area contributed by atoms with Gasteiger partial charge in [-0.3, -0.25) is 0 Å². The smallest absolute Gasteiger partial charge is 0.332 e. The van der Waals surface area contributed by atoms with Crippen LogP contribution in [0.2, 0.25) is 0 Å². The lowest BCUT2D eigenvalue weighted by Crippen LogP contribution is -2.15. The van der Waals surface area contributed by atoms with Gasteiger partial charge >= 0.3 is 5.97 Å². The highest BCUT2D eigenvalue weighted by molar-refractivity contribution is 5.87. The molecule has 2 rings (SSSR count). The molecular weight excluding hydrogens is 246 g/mol. The Balaban J connectivity index is 2.03. The molecule has 0 saturated heterocycles. The summed E-state index contributed by atoms with van der Waals surface area (Å²) in [5.74, 6) is 0.806. The zero-order valence-electron chi connectivity index (χ0n) is 10.5. The second-order valence-electron chi connectivity index (χ2n) is 3.94. The maximum absolute atomic E-state index is 11.4. The Labute approximate surface area is 111 Å². The molecule has 0 fully saturated rings. The van der Waals surface area contributed by atoms with E-state index in [1.165, 1.54) is 13.0 Å². The van der Waals surface area contributed by atoms with Crippen molar-refractivity contribution < 1.29 is 19.0 Å². The first-order valence-corrected chi connectivity index (χ1v) is 5.87. The molecule has 1 unspecified atom stereocenters. The van der Waals surface area contributed by atoms with Gasteiger partial charge in [0.05, 0.1) is 0 Å². The summed E-state index contributed by atoms with van der Waals surface area (Å²) in [6.07, 6.45) is 2.13. The van der Waals surface area contributed by atoms with E-state index in [2.05, 4.69) is 0 Å². The average molecular weight is 259 g/mol. The molecular formula is C14H13NO4. The SMILES string of the molecule is CC(C#N)OC(=O)C=Cc1ccc2c(c1)OCCO2. The van der Waals surface area contributed by atoms with Crippen LogP contribution in [0.1, 0.15) is 12.5 Å². The summed E-state index contributed by atoms with van der Waals surface area (Å²) in [5.41, 5.74) is 0.797. The van der Waals surface area contributed by atoms with Crippen LogP contribution >= 0.6 is 0 Å². The fourth-order valence-electron chi connectivity index (χ4n) is 1.57. The first-order chi connectivity index (χ1) is 9.19. The van der Waals surface area contributed by atoms with Gasteiger partial charge in [0, 0.05) is 6.08 Å². The van der Waals surface area contributed by atoms with Crippen LogP contribution in [0.25, 0.3) is 6.08 Å². The Morgan fingerprint density at radius 2 is 2.16 bits per heavy atom. The van der Waals surface area contributed by atoms with Gasteiger partial charge in [-0.15, -0.1) is 0 Å². The molecule has 0 radical (unpaired) electrons. The van der Waals surface area contributed by atoms with Crippen molar-refractivity contribution in [2.75, 3.05) is 13.2 Å². The minimum absolute atomic E-state index is 0.516. The van der Waals surface area contributed by atoms with Crippen LogP contribution in [0.4, 0.5) is 0 Å². The van der Waals surface area contributed by atoms with Crippen LogP contribution < -0.4 is 9.47 Å². The van der Waals surface area contributed by atoms with Crippen LogP contribution in [0.3, 0.4) is 0 Å². The van der Waals surface area contributed by atoms with E-state index in [1.54, 1.807) is 18.2 Å². The molecule has 0 N–H and O–H groups in total. The van der Waals surface area contributed by atoms with Gasteiger partial charge in [-0.25, -0.2) is 4.79 Å². The van der Waals surface area contributed by atoms with Crippen LogP contribution in [0.15, 0.2) is 24.3 Å². The van der Waals surface area contributed by atoms with Crippen LogP contribution in [-0.2, 0) is 9.53 Å². The molecule has 0 aliphatic carbocycles. The molecule has 19 heavy (non-hydrogen) atoms. The highest BCUT2D eigenvalue weighted by atomic mass is 16.6. The monoisotopic (exact) mass is 259 g/mol. The summed E-state index contributed by atoms with van der Waals surface area (Å²) < 4.78 is 15.6. The third-order valence-corrected chi connectivity index (χ3v) is 2.45. The number of hydrogen-bond acceptors (Lipinski definition) is 5. The number of rotatable bonds is 3. The fourth-order valence-corrected chi connectivity index (χ4v) is 1.57. The number of carbonyl (C=O) groups excluding carboxylic acids is 1. The number of nitrogens with zero attached hydrogens (tertiary/aromatic N) is 1. The van der Waals surface area contributed by atoms with Gasteiger partial charge < -0.3 is 14.2 Å². The van der Waals surface area contributed by atoms with E-state index < -0.39 is 12.1 Å². The zero-order chi connectivity index (χ0) is 13.7. The first kappa shape index (κ1) is 13.0. The Morgan fingerprint density at radius 1 is 1.42 bits per heavy atom. The van der Waals surface area contributed by atoms with E-state index in [4.69, 9.17) is 19.5 Å². The molecule has 1 aromatic rings. The maximum atomic E-state index is 11.4. The molecule has 0 amide bonds. The number of esters is 1. The molecule has 1 aliphatic heterocycles. The summed E-state index contributed by atoms with van der Waals surface area (Å²) in [7, 11) is 0. The van der Waals surface area contributed by atoms with Gasteiger partial charge in [-0.1, -0.05) is 6.07 Å². The lowest BCUT2D eigenvalue weighted by atomic mass is 10.2. The molecule has 1 aliphatic rings. The van der Waals surface area contributed by atoms with Crippen molar-refractivity contribution in [1.82, 2.24) is 0 Å². The first-order valence-electron chi connectivity index (χ1n) is 5.87. The van der Waals surface area contributed by atoms with Crippen molar-refractivity contribution >= 4 is 12.0 Å². The lowest BCUT2D eigenvalue weighted by Gasteiger charge is -2.18. The molecule has 0 aromatic heterocycles. The Kier molecular flexibility index (Phi) is 4.04. The predicted molar refractivity (Wildman–Crippen MR) is 67.6 cm³/mol. The quantitative estimate of drug-likeness (QED) is 0.612. The van der Waals surface area contributed by atoms with Crippen LogP contribution in [-0.4, -0.2) is 25.3 Å². The van der Waals surface area contributed by atoms with E-state index in [1.807, 2.05) is 12.1 Å². The average Bonchev–Trinajstić information content (AvgIpc) is 2.44. The van der Waals surface area contributed by atoms with Gasteiger partial charge in [0.1, 0.15) is 19.3 Å². The van der Waals surface area contributed by atoms with Gasteiger partial charge in [0.15, 0.2) is 17.6 Å². The van der Waals surface area contributed by atoms with Crippen LogP contribution in [0.5, 0.6) is 11.5 Å². The molecule has 0 saturated carbocycles. The second-order valence-corrected chi connectivity index (χ2v) is 3.94. The number of hydrogen-bond donors (Lipinski definition) is 0. The highest BCUT2D eigenvalue weighted by Crippen LogP contribution is 2.31. The van der Waals surface area contributed by atoms with Crippen molar-refractivity contribution in [3.05, 3.63) is 29.8 Å². The number of fused-ring (bicyclic) bond motifs is 1. The number of benzene rings is 1. The van der Waals surface area contributed by atoms with Crippen molar-refractivity contribution in [3.63, 3.8) is 0 Å². The number of ether oxygens (including phenoxy) is 3. The molecule has 1 atom stereocenters. The molecule has 0 spiro atoms. The number of carbonyl (C=O) groups is 1. The summed E-state index contributed by atoms with van der Waals surface area (Å²) >= 11 is 0. The lowest BCUT2D eigenvalue weighted by molar-refractivity contribution is -0.139. The topological polar surface area (TPSA) is 68.5 Å². The summed E-state index contributed by atoms with van der Waals surface area (Å²) in [6.45, 7) is 2.57. The largest absolute Gasteiger partial charge is 0.486 e. The summed E-state index contributed by atoms with van der Waals surface area (Å²) in [6, 6.07) is 7.20. The van der Waals surface area contributed by atoms with Crippen molar-refractivity contribution in [1.29, 1.82) is 5.26 Å². The van der Waals surface area contributed by atoms with Gasteiger partial charge in [-0.2, -0.15) is 5.26 Å². The van der Waals surface area contributed by atoms with E-state index >= 15 is 0 Å². The Bertz CT molecular complexity index is 545. The molecule has 5 heteroatoms. The molecule has 98 valence electrons. The third-order valence-electron chi connectivity index (χ3n) is 2.45. The minimum atomic E-state index is -0.752. The van der Waals surface area contributed by atoms with E-state index in [0.29, 0.717) is 24.7 Å². The maximum Gasteiger partial charge on any atom is 0.332 e. The molecule has 1 heterocycles. The fraction of sp³-hybridized carbons (Fsp3) is 0.286. The second kappa shape index (κ2) is 5.91. The van der Waals surface area contributed by atoms with Gasteiger partial charge in [0.25, 0.3) is 0 Å². The normalized spacial score (nSPS) is 14.7. The number of nitriles is 1. The van der Waals surface area contributed by atoms with E-state index in [-0.39, 0.29) is 0 Å². The van der Waals surface area contributed by atoms with Crippen molar-refractivity contribution in [2.45, 2.75) is 13.0 Å². The summed E-state index contributed by atoms with van der Waals surface area (Å²) in [5, 5.41) is 8.52. The Hall–Kier alpha value is -2.48. The molecule has 0 bridgehead atoms. The van der Waals surface area contributed by atoms with Gasteiger partial charge in [-0.05, 0) is 30.7 Å². The predicted octanol–water partition coefficient (Wildman–Crippen LogP) is 1.93. The standard InChI is InChI=1S/C14H13NO4/c1-10(9-15)19-14(16)5-3-11-2-4-12-13(8-11)18-7-6-17-12/h2-5,8,10H,6-7H2,1H3. The zero-order valence-corrected chi connectivity index (χ0v) is 10.5. The van der Waals surface area contributed by atoms with Crippen LogP contribution in [0, 0.1) is 11.3 Å². The molecule has 1 aromatic carbocycles. The van der Waals surface area contributed by atoms with Crippen molar-refractivity contribution in [3.8, 4) is 17.6 Å². The molecule has 5 nitrogen and oxygen atoms in total. The third kappa shape index (κ3) is 3.49. The van der Waals surface area contributed by atoms with Gasteiger partial charge in [0.2, 0.25) is 0 Å². The van der Waals surface area contributed by atoms with E-state index in [0.717, 1.165) is 5.56 Å². The van der Waals surface area contributed by atoms with Crippen molar-refractivity contribution in [2.24, 2.45) is 0 Å². The highest BCUT2D eigenvalue weighted by Gasteiger charge is 2.11. The Morgan fingerprint density at radius 3 is 2.89 bits per heavy atom. The summed E-state index contributed by atoms with van der Waals surface area (Å²) in [4.78, 5) is 11.4.